The Hall–Kier alpha value is -1.41. The van der Waals surface area contributed by atoms with Crippen LogP contribution in [0.3, 0.4) is 0 Å². The summed E-state index contributed by atoms with van der Waals surface area (Å²) in [7, 11) is 0. The number of carbonyl (C=O) groups excluding carboxylic acids is 1. The lowest BCUT2D eigenvalue weighted by molar-refractivity contribution is 0.0956. The van der Waals surface area contributed by atoms with Crippen LogP contribution >= 0.6 is 0 Å². The van der Waals surface area contributed by atoms with Gasteiger partial charge in [-0.2, -0.15) is 0 Å². The van der Waals surface area contributed by atoms with Crippen molar-refractivity contribution in [1.29, 1.82) is 0 Å². The van der Waals surface area contributed by atoms with Crippen LogP contribution in [0.25, 0.3) is 0 Å². The van der Waals surface area contributed by atoms with E-state index in [4.69, 9.17) is 0 Å². The summed E-state index contributed by atoms with van der Waals surface area (Å²) in [5.74, 6) is 0.0656. The zero-order valence-electron chi connectivity index (χ0n) is 8.94. The van der Waals surface area contributed by atoms with Crippen molar-refractivity contribution in [2.45, 2.75) is 25.9 Å². The number of rotatable bonds is 5. The number of carbonyl (C=O) groups is 1. The highest BCUT2D eigenvalue weighted by Gasteiger charge is 2.09. The van der Waals surface area contributed by atoms with Crippen molar-refractivity contribution in [3.05, 3.63) is 48.0 Å². The Morgan fingerprint density at radius 2 is 2.00 bits per heavy atom. The van der Waals surface area contributed by atoms with Crippen molar-refractivity contribution in [3.8, 4) is 0 Å². The molecule has 0 fully saturated rings. The van der Waals surface area contributed by atoms with E-state index in [1.54, 1.807) is 19.1 Å². The van der Waals surface area contributed by atoms with Crippen molar-refractivity contribution in [1.82, 2.24) is 0 Å². The number of ketones is 1. The minimum Gasteiger partial charge on any atom is -0.389 e. The van der Waals surface area contributed by atoms with Crippen LogP contribution in [0, 0.1) is 0 Å². The van der Waals surface area contributed by atoms with Gasteiger partial charge < -0.3 is 5.11 Å². The molecule has 1 unspecified atom stereocenters. The average Bonchev–Trinajstić information content (AvgIpc) is 2.26. The van der Waals surface area contributed by atoms with Gasteiger partial charge in [0.1, 0.15) is 0 Å². The number of hydrogen-bond acceptors (Lipinski definition) is 2. The summed E-state index contributed by atoms with van der Waals surface area (Å²) in [6.07, 6.45) is 0.235. The number of hydrogen-bond donors (Lipinski definition) is 1. The van der Waals surface area contributed by atoms with Crippen LogP contribution in [-0.2, 0) is 0 Å². The molecule has 0 spiro atoms. The molecule has 0 aliphatic carbocycles. The van der Waals surface area contributed by atoms with Gasteiger partial charge in [-0.25, -0.2) is 0 Å². The molecule has 0 bridgehead atoms. The van der Waals surface area contributed by atoms with E-state index < -0.39 is 6.10 Å². The molecule has 80 valence electrons. The van der Waals surface area contributed by atoms with Crippen LogP contribution in [-0.4, -0.2) is 17.0 Å². The van der Waals surface area contributed by atoms with Gasteiger partial charge >= 0.3 is 0 Å². The summed E-state index contributed by atoms with van der Waals surface area (Å²) >= 11 is 0. The molecule has 0 saturated heterocycles. The van der Waals surface area contributed by atoms with E-state index in [-0.39, 0.29) is 5.78 Å². The minimum absolute atomic E-state index is 0.0656. The summed E-state index contributed by atoms with van der Waals surface area (Å²) in [5.41, 5.74) is 1.40. The highest BCUT2D eigenvalue weighted by Crippen LogP contribution is 2.10. The number of aliphatic hydroxyl groups excluding tert-OH is 1. The molecule has 0 amide bonds. The second kappa shape index (κ2) is 5.47. The standard InChI is InChI=1S/C13H16O2/c1-10(2)12(14)8-9-13(15)11-6-4-3-5-7-11/h3-7,12,14H,1,8-9H2,2H3. The Bertz CT molecular complexity index is 341. The Kier molecular flexibility index (Phi) is 4.25. The van der Waals surface area contributed by atoms with Crippen LogP contribution in [0.1, 0.15) is 30.1 Å². The molecule has 1 aromatic rings. The van der Waals surface area contributed by atoms with Gasteiger partial charge in [0.25, 0.3) is 0 Å². The molecule has 1 aromatic carbocycles. The topological polar surface area (TPSA) is 37.3 Å². The van der Waals surface area contributed by atoms with Crippen molar-refractivity contribution in [3.63, 3.8) is 0 Å². The molecule has 1 atom stereocenters. The van der Waals surface area contributed by atoms with Gasteiger partial charge in [0.15, 0.2) is 5.78 Å². The van der Waals surface area contributed by atoms with Crippen molar-refractivity contribution in [2.75, 3.05) is 0 Å². The zero-order chi connectivity index (χ0) is 11.3. The van der Waals surface area contributed by atoms with E-state index in [0.29, 0.717) is 24.0 Å². The molecule has 2 heteroatoms. The Balaban J connectivity index is 2.47. The Morgan fingerprint density at radius 1 is 1.40 bits per heavy atom. The SMILES string of the molecule is C=C(C)C(O)CCC(=O)c1ccccc1. The van der Waals surface area contributed by atoms with Crippen LogP contribution in [0.4, 0.5) is 0 Å². The third kappa shape index (κ3) is 3.68. The lowest BCUT2D eigenvalue weighted by Gasteiger charge is -2.08. The Labute approximate surface area is 90.3 Å². The molecule has 2 nitrogen and oxygen atoms in total. The summed E-state index contributed by atoms with van der Waals surface area (Å²) in [4.78, 5) is 11.6. The predicted molar refractivity (Wildman–Crippen MR) is 60.8 cm³/mol. The molecule has 0 saturated carbocycles. The Morgan fingerprint density at radius 3 is 2.53 bits per heavy atom. The van der Waals surface area contributed by atoms with Gasteiger partial charge in [0, 0.05) is 12.0 Å². The largest absolute Gasteiger partial charge is 0.389 e. The monoisotopic (exact) mass is 204 g/mol. The maximum Gasteiger partial charge on any atom is 0.162 e. The van der Waals surface area contributed by atoms with E-state index in [0.717, 1.165) is 0 Å². The first-order chi connectivity index (χ1) is 7.11. The fraction of sp³-hybridized carbons (Fsp3) is 0.308. The van der Waals surface area contributed by atoms with Crippen molar-refractivity contribution >= 4 is 5.78 Å². The maximum absolute atomic E-state index is 11.6. The van der Waals surface area contributed by atoms with Crippen LogP contribution in [0.5, 0.6) is 0 Å². The second-order valence-corrected chi connectivity index (χ2v) is 3.69. The highest BCUT2D eigenvalue weighted by molar-refractivity contribution is 5.95. The molecule has 15 heavy (non-hydrogen) atoms. The van der Waals surface area contributed by atoms with Crippen molar-refractivity contribution < 1.29 is 9.90 Å². The lowest BCUT2D eigenvalue weighted by Crippen LogP contribution is -2.10. The van der Waals surface area contributed by atoms with Gasteiger partial charge in [-0.3, -0.25) is 4.79 Å². The van der Waals surface area contributed by atoms with Gasteiger partial charge in [0.2, 0.25) is 0 Å². The first-order valence-electron chi connectivity index (χ1n) is 5.03. The molecule has 0 heterocycles. The second-order valence-electron chi connectivity index (χ2n) is 3.69. The van der Waals surface area contributed by atoms with Gasteiger partial charge in [-0.1, -0.05) is 42.5 Å². The molecule has 0 aliphatic heterocycles. The summed E-state index contributed by atoms with van der Waals surface area (Å²) < 4.78 is 0. The number of Topliss-reactive ketones (excluding diaryl/α,β-unsaturated/α-hetero) is 1. The lowest BCUT2D eigenvalue weighted by atomic mass is 10.0. The fourth-order valence-corrected chi connectivity index (χ4v) is 1.28. The van der Waals surface area contributed by atoms with Gasteiger partial charge in [0.05, 0.1) is 6.10 Å². The van der Waals surface area contributed by atoms with E-state index in [2.05, 4.69) is 6.58 Å². The predicted octanol–water partition coefficient (Wildman–Crippen LogP) is 2.59. The van der Waals surface area contributed by atoms with E-state index in [1.807, 2.05) is 18.2 Å². The molecule has 0 aromatic heterocycles. The summed E-state index contributed by atoms with van der Waals surface area (Å²) in [5, 5.41) is 9.47. The van der Waals surface area contributed by atoms with E-state index >= 15 is 0 Å². The summed E-state index contributed by atoms with van der Waals surface area (Å²) in [6, 6.07) is 9.12. The fourth-order valence-electron chi connectivity index (χ4n) is 1.28. The normalized spacial score (nSPS) is 12.1. The molecular weight excluding hydrogens is 188 g/mol. The molecule has 1 N–H and O–H groups in total. The molecule has 0 aliphatic rings. The van der Waals surface area contributed by atoms with Crippen LogP contribution in [0.2, 0.25) is 0 Å². The van der Waals surface area contributed by atoms with Gasteiger partial charge in [-0.05, 0) is 13.3 Å². The van der Waals surface area contributed by atoms with Gasteiger partial charge in [-0.15, -0.1) is 0 Å². The maximum atomic E-state index is 11.6. The number of benzene rings is 1. The van der Waals surface area contributed by atoms with Crippen LogP contribution < -0.4 is 0 Å². The van der Waals surface area contributed by atoms with Crippen molar-refractivity contribution in [2.24, 2.45) is 0 Å². The highest BCUT2D eigenvalue weighted by atomic mass is 16.3. The summed E-state index contributed by atoms with van der Waals surface area (Å²) in [6.45, 7) is 5.41. The number of aliphatic hydroxyl groups is 1. The third-order valence-corrected chi connectivity index (χ3v) is 2.31. The first-order valence-corrected chi connectivity index (χ1v) is 5.03. The third-order valence-electron chi connectivity index (χ3n) is 2.31. The van der Waals surface area contributed by atoms with E-state index in [9.17, 15) is 9.90 Å². The van der Waals surface area contributed by atoms with Crippen LogP contribution in [0.15, 0.2) is 42.5 Å². The van der Waals surface area contributed by atoms with E-state index in [1.165, 1.54) is 0 Å². The first kappa shape index (κ1) is 11.7. The molecule has 1 rings (SSSR count). The molecular formula is C13H16O2. The average molecular weight is 204 g/mol. The quantitative estimate of drug-likeness (QED) is 0.591. The zero-order valence-corrected chi connectivity index (χ0v) is 8.94. The minimum atomic E-state index is -0.572. The molecule has 0 radical (unpaired) electrons. The smallest absolute Gasteiger partial charge is 0.162 e.